The lowest BCUT2D eigenvalue weighted by molar-refractivity contribution is -0.120. The number of nitrogens with one attached hydrogen (secondary N) is 2. The van der Waals surface area contributed by atoms with Crippen LogP contribution in [0.3, 0.4) is 0 Å². The number of rotatable bonds is 5. The van der Waals surface area contributed by atoms with Gasteiger partial charge >= 0.3 is 0 Å². The summed E-state index contributed by atoms with van der Waals surface area (Å²) in [4.78, 5) is 23.9. The van der Waals surface area contributed by atoms with E-state index in [2.05, 4.69) is 20.3 Å². The van der Waals surface area contributed by atoms with Gasteiger partial charge in [0.1, 0.15) is 0 Å². The number of hydrogen-bond acceptors (Lipinski definition) is 4. The fourth-order valence-electron chi connectivity index (χ4n) is 2.91. The van der Waals surface area contributed by atoms with Crippen molar-refractivity contribution in [2.24, 2.45) is 5.92 Å². The van der Waals surface area contributed by atoms with E-state index in [4.69, 9.17) is 11.6 Å². The molecule has 1 fully saturated rings. The lowest BCUT2D eigenvalue weighted by Gasteiger charge is -2.22. The minimum Gasteiger partial charge on any atom is -0.355 e. The molecule has 0 aromatic carbocycles. The van der Waals surface area contributed by atoms with Crippen LogP contribution in [0.4, 0.5) is 0 Å². The molecule has 1 amide bonds. The van der Waals surface area contributed by atoms with Crippen LogP contribution < -0.4 is 5.32 Å². The lowest BCUT2D eigenvalue weighted by atomic mass is 9.89. The summed E-state index contributed by atoms with van der Waals surface area (Å²) < 4.78 is 0. The van der Waals surface area contributed by atoms with E-state index in [1.807, 2.05) is 6.92 Å². The van der Waals surface area contributed by atoms with Gasteiger partial charge < -0.3 is 10.3 Å². The second-order valence-electron chi connectivity index (χ2n) is 6.08. The molecule has 0 saturated heterocycles. The minimum atomic E-state index is -0.199. The number of carbonyl (C=O) groups excluding carboxylic acids is 1. The van der Waals surface area contributed by atoms with Gasteiger partial charge in [-0.25, -0.2) is 9.97 Å². The maximum Gasteiger partial charge on any atom is 0.233 e. The van der Waals surface area contributed by atoms with Crippen molar-refractivity contribution in [3.8, 4) is 0 Å². The lowest BCUT2D eigenvalue weighted by Crippen LogP contribution is -2.35. The van der Waals surface area contributed by atoms with Crippen LogP contribution in [0.2, 0.25) is 5.02 Å². The molecule has 0 unspecified atom stereocenters. The summed E-state index contributed by atoms with van der Waals surface area (Å²) in [5, 5.41) is 4.13. The second kappa shape index (κ2) is 7.53. The number of aromatic amines is 1. The van der Waals surface area contributed by atoms with E-state index < -0.39 is 0 Å². The highest BCUT2D eigenvalue weighted by molar-refractivity contribution is 8.00. The van der Waals surface area contributed by atoms with Gasteiger partial charge in [-0.3, -0.25) is 4.79 Å². The standard InChI is InChI=1S/C16H21ClN4OS/c1-10(15(22)19-8-11-5-3-2-4-6-11)23-16-20-13-7-12(17)9-18-14(13)21-16/h7,9-11H,2-6,8H2,1H3,(H,19,22)(H,18,20,21)/t10-/m1/s1. The molecule has 1 saturated carbocycles. The number of H-pyrrole nitrogens is 1. The van der Waals surface area contributed by atoms with Gasteiger partial charge in [0.05, 0.1) is 15.8 Å². The zero-order chi connectivity index (χ0) is 16.2. The van der Waals surface area contributed by atoms with E-state index in [0.29, 0.717) is 21.7 Å². The average Bonchev–Trinajstić information content (AvgIpc) is 2.94. The predicted octanol–water partition coefficient (Wildman–Crippen LogP) is 3.79. The van der Waals surface area contributed by atoms with Crippen molar-refractivity contribution < 1.29 is 4.79 Å². The Balaban J connectivity index is 1.54. The molecule has 2 aromatic heterocycles. The van der Waals surface area contributed by atoms with Crippen LogP contribution in [0.15, 0.2) is 17.4 Å². The number of hydrogen-bond donors (Lipinski definition) is 2. The Hall–Kier alpha value is -1.27. The maximum atomic E-state index is 12.2. The largest absolute Gasteiger partial charge is 0.355 e. The summed E-state index contributed by atoms with van der Waals surface area (Å²) in [6, 6.07) is 1.79. The normalized spacial score (nSPS) is 17.3. The Morgan fingerprint density at radius 2 is 2.26 bits per heavy atom. The Labute approximate surface area is 145 Å². The first-order chi connectivity index (χ1) is 11.1. The van der Waals surface area contributed by atoms with E-state index in [1.54, 1.807) is 12.3 Å². The number of halogens is 1. The molecule has 0 spiro atoms. The summed E-state index contributed by atoms with van der Waals surface area (Å²) in [6.07, 6.45) is 7.95. The number of fused-ring (bicyclic) bond motifs is 1. The summed E-state index contributed by atoms with van der Waals surface area (Å²) in [7, 11) is 0. The number of carbonyl (C=O) groups is 1. The van der Waals surface area contributed by atoms with Gasteiger partial charge in [-0.15, -0.1) is 0 Å². The Morgan fingerprint density at radius 3 is 3.04 bits per heavy atom. The molecule has 2 aromatic rings. The SMILES string of the molecule is C[C@@H](Sc1nc2ncc(Cl)cc2[nH]1)C(=O)NCC1CCCCC1. The topological polar surface area (TPSA) is 70.7 Å². The monoisotopic (exact) mass is 352 g/mol. The van der Waals surface area contributed by atoms with Crippen LogP contribution in [0.25, 0.3) is 11.2 Å². The average molecular weight is 353 g/mol. The van der Waals surface area contributed by atoms with Crippen LogP contribution in [0, 0.1) is 5.92 Å². The summed E-state index contributed by atoms with van der Waals surface area (Å²) in [6.45, 7) is 2.69. The number of amides is 1. The smallest absolute Gasteiger partial charge is 0.233 e. The molecule has 7 heteroatoms. The molecule has 2 N–H and O–H groups in total. The van der Waals surface area contributed by atoms with Gasteiger partial charge in [0.2, 0.25) is 5.91 Å². The predicted molar refractivity (Wildman–Crippen MR) is 93.8 cm³/mol. The van der Waals surface area contributed by atoms with Crippen molar-refractivity contribution in [1.82, 2.24) is 20.3 Å². The van der Waals surface area contributed by atoms with Crippen molar-refractivity contribution >= 4 is 40.4 Å². The van der Waals surface area contributed by atoms with E-state index in [0.717, 1.165) is 12.1 Å². The van der Waals surface area contributed by atoms with Crippen molar-refractivity contribution in [3.63, 3.8) is 0 Å². The zero-order valence-electron chi connectivity index (χ0n) is 13.1. The first-order valence-electron chi connectivity index (χ1n) is 8.07. The Kier molecular flexibility index (Phi) is 5.43. The van der Waals surface area contributed by atoms with E-state index >= 15 is 0 Å². The van der Waals surface area contributed by atoms with Gasteiger partial charge in [0.15, 0.2) is 10.8 Å². The molecule has 2 heterocycles. The van der Waals surface area contributed by atoms with Crippen LogP contribution in [-0.2, 0) is 4.79 Å². The van der Waals surface area contributed by atoms with E-state index in [-0.39, 0.29) is 11.2 Å². The first kappa shape index (κ1) is 16.6. The van der Waals surface area contributed by atoms with Crippen LogP contribution in [0.5, 0.6) is 0 Å². The molecule has 0 radical (unpaired) electrons. The number of thioether (sulfide) groups is 1. The van der Waals surface area contributed by atoms with Gasteiger partial charge in [-0.05, 0) is 31.7 Å². The molecule has 23 heavy (non-hydrogen) atoms. The highest BCUT2D eigenvalue weighted by Gasteiger charge is 2.19. The first-order valence-corrected chi connectivity index (χ1v) is 9.33. The number of pyridine rings is 1. The molecule has 124 valence electrons. The van der Waals surface area contributed by atoms with Crippen molar-refractivity contribution in [2.75, 3.05) is 6.54 Å². The molecular weight excluding hydrogens is 332 g/mol. The quantitative estimate of drug-likeness (QED) is 0.803. The zero-order valence-corrected chi connectivity index (χ0v) is 14.7. The molecule has 1 aliphatic carbocycles. The molecule has 3 rings (SSSR count). The summed E-state index contributed by atoms with van der Waals surface area (Å²) >= 11 is 7.33. The van der Waals surface area contributed by atoms with E-state index in [1.165, 1.54) is 43.9 Å². The van der Waals surface area contributed by atoms with Crippen molar-refractivity contribution in [3.05, 3.63) is 17.3 Å². The maximum absolute atomic E-state index is 12.2. The van der Waals surface area contributed by atoms with Gasteiger partial charge in [0.25, 0.3) is 0 Å². The Morgan fingerprint density at radius 1 is 1.48 bits per heavy atom. The molecule has 1 aliphatic rings. The molecule has 0 bridgehead atoms. The second-order valence-corrected chi connectivity index (χ2v) is 7.84. The minimum absolute atomic E-state index is 0.0621. The van der Waals surface area contributed by atoms with Crippen LogP contribution >= 0.6 is 23.4 Å². The van der Waals surface area contributed by atoms with Gasteiger partial charge in [-0.1, -0.05) is 42.6 Å². The van der Waals surface area contributed by atoms with Gasteiger partial charge in [-0.2, -0.15) is 0 Å². The molecule has 5 nitrogen and oxygen atoms in total. The van der Waals surface area contributed by atoms with Crippen LogP contribution in [-0.4, -0.2) is 32.7 Å². The third-order valence-corrected chi connectivity index (χ3v) is 5.42. The van der Waals surface area contributed by atoms with Crippen molar-refractivity contribution in [1.29, 1.82) is 0 Å². The third-order valence-electron chi connectivity index (χ3n) is 4.23. The molecule has 1 atom stereocenters. The summed E-state index contributed by atoms with van der Waals surface area (Å²) in [5.74, 6) is 0.703. The molecule has 0 aliphatic heterocycles. The fourth-order valence-corrected chi connectivity index (χ4v) is 3.90. The third kappa shape index (κ3) is 4.38. The van der Waals surface area contributed by atoms with Crippen molar-refractivity contribution in [2.45, 2.75) is 49.4 Å². The van der Waals surface area contributed by atoms with E-state index in [9.17, 15) is 4.79 Å². The number of imidazole rings is 1. The number of nitrogens with zero attached hydrogens (tertiary/aromatic N) is 2. The number of aromatic nitrogens is 3. The van der Waals surface area contributed by atoms with Crippen LogP contribution in [0.1, 0.15) is 39.0 Å². The molecular formula is C16H21ClN4OS. The summed E-state index contributed by atoms with van der Waals surface area (Å²) in [5.41, 5.74) is 1.40. The fraction of sp³-hybridized carbons (Fsp3) is 0.562. The highest BCUT2D eigenvalue weighted by atomic mass is 35.5. The highest BCUT2D eigenvalue weighted by Crippen LogP contribution is 2.25. The van der Waals surface area contributed by atoms with Gasteiger partial charge in [0, 0.05) is 12.7 Å². The Bertz CT molecular complexity index is 684.